The number of rotatable bonds is 6. The van der Waals surface area contributed by atoms with Gasteiger partial charge in [0, 0.05) is 18.7 Å². The number of para-hydroxylation sites is 1. The third-order valence-corrected chi connectivity index (χ3v) is 4.69. The van der Waals surface area contributed by atoms with E-state index in [1.807, 2.05) is 26.0 Å². The molecule has 1 atom stereocenters. The van der Waals surface area contributed by atoms with Gasteiger partial charge in [-0.3, -0.25) is 14.2 Å². The number of amides is 3. The summed E-state index contributed by atoms with van der Waals surface area (Å²) < 4.78 is 1.45. The molecule has 0 spiro atoms. The van der Waals surface area contributed by atoms with Crippen LogP contribution in [0.25, 0.3) is 10.9 Å². The van der Waals surface area contributed by atoms with E-state index < -0.39 is 6.03 Å². The maximum atomic E-state index is 12.6. The predicted molar refractivity (Wildman–Crippen MR) is 112 cm³/mol. The molecule has 0 aliphatic carbocycles. The van der Waals surface area contributed by atoms with Gasteiger partial charge in [0.05, 0.1) is 23.3 Å². The first kappa shape index (κ1) is 20.1. The van der Waals surface area contributed by atoms with Gasteiger partial charge >= 0.3 is 6.03 Å². The van der Waals surface area contributed by atoms with Crippen LogP contribution in [0.4, 0.5) is 10.5 Å². The van der Waals surface area contributed by atoms with Gasteiger partial charge in [0.25, 0.3) is 5.56 Å². The molecule has 1 aromatic heterocycles. The number of benzene rings is 2. The number of anilines is 1. The molecule has 0 saturated heterocycles. The summed E-state index contributed by atoms with van der Waals surface area (Å²) in [6.45, 7) is 4.02. The molecule has 0 radical (unpaired) electrons. The van der Waals surface area contributed by atoms with Gasteiger partial charge < -0.3 is 16.4 Å². The molecule has 1 heterocycles. The van der Waals surface area contributed by atoms with Crippen molar-refractivity contribution in [2.75, 3.05) is 5.32 Å². The van der Waals surface area contributed by atoms with E-state index in [2.05, 4.69) is 15.6 Å². The molecule has 0 fully saturated rings. The molecule has 29 heavy (non-hydrogen) atoms. The Balaban J connectivity index is 1.61. The minimum absolute atomic E-state index is 0.155. The van der Waals surface area contributed by atoms with Crippen LogP contribution in [-0.4, -0.2) is 21.5 Å². The summed E-state index contributed by atoms with van der Waals surface area (Å²) in [5.74, 6) is -0.173. The molecular formula is C21H23N5O3. The number of carbonyl (C=O) groups is 2. The quantitative estimate of drug-likeness (QED) is 0.596. The molecule has 8 heteroatoms. The highest BCUT2D eigenvalue weighted by Crippen LogP contribution is 2.16. The summed E-state index contributed by atoms with van der Waals surface area (Å²) in [4.78, 5) is 40.1. The van der Waals surface area contributed by atoms with Gasteiger partial charge in [-0.05, 0) is 43.2 Å². The average molecular weight is 393 g/mol. The number of hydrogen-bond donors (Lipinski definition) is 3. The Kier molecular flexibility index (Phi) is 5.92. The summed E-state index contributed by atoms with van der Waals surface area (Å²) in [5.41, 5.74) is 8.01. The first-order valence-electron chi connectivity index (χ1n) is 9.25. The van der Waals surface area contributed by atoms with E-state index in [-0.39, 0.29) is 30.5 Å². The molecule has 150 valence electrons. The number of urea groups is 1. The van der Waals surface area contributed by atoms with Gasteiger partial charge in [0.15, 0.2) is 0 Å². The van der Waals surface area contributed by atoms with Gasteiger partial charge in [-0.15, -0.1) is 0 Å². The van der Waals surface area contributed by atoms with Gasteiger partial charge in [0.2, 0.25) is 5.91 Å². The molecule has 0 aliphatic rings. The fraction of sp³-hybridized carbons (Fsp3) is 0.238. The van der Waals surface area contributed by atoms with Gasteiger partial charge in [-0.25, -0.2) is 9.78 Å². The van der Waals surface area contributed by atoms with Crippen molar-refractivity contribution in [3.8, 4) is 0 Å². The molecule has 0 aliphatic heterocycles. The number of carbonyl (C=O) groups excluding carboxylic acids is 2. The summed E-state index contributed by atoms with van der Waals surface area (Å²) in [6.07, 6.45) is 1.64. The number of primary amides is 1. The average Bonchev–Trinajstić information content (AvgIpc) is 2.68. The van der Waals surface area contributed by atoms with Crippen molar-refractivity contribution in [1.29, 1.82) is 0 Å². The van der Waals surface area contributed by atoms with Crippen LogP contribution in [0.5, 0.6) is 0 Å². The van der Waals surface area contributed by atoms with Gasteiger partial charge in [0.1, 0.15) is 0 Å². The lowest BCUT2D eigenvalue weighted by atomic mass is 10.1. The Morgan fingerprint density at radius 2 is 1.90 bits per heavy atom. The maximum Gasteiger partial charge on any atom is 0.316 e. The van der Waals surface area contributed by atoms with Crippen molar-refractivity contribution in [2.45, 2.75) is 32.9 Å². The molecule has 3 aromatic rings. The minimum Gasteiger partial charge on any atom is -0.351 e. The monoisotopic (exact) mass is 393 g/mol. The predicted octanol–water partition coefficient (Wildman–Crippen LogP) is 2.46. The van der Waals surface area contributed by atoms with Crippen LogP contribution in [0, 0.1) is 6.92 Å². The molecule has 8 nitrogen and oxygen atoms in total. The molecular weight excluding hydrogens is 370 g/mol. The van der Waals surface area contributed by atoms with E-state index in [0.717, 1.165) is 11.1 Å². The van der Waals surface area contributed by atoms with Crippen molar-refractivity contribution in [1.82, 2.24) is 14.9 Å². The Morgan fingerprint density at radius 3 is 2.59 bits per heavy atom. The van der Waals surface area contributed by atoms with Crippen LogP contribution in [0.2, 0.25) is 0 Å². The molecule has 2 aromatic carbocycles. The van der Waals surface area contributed by atoms with Gasteiger partial charge in [-0.1, -0.05) is 24.3 Å². The Bertz CT molecular complexity index is 1110. The molecule has 0 bridgehead atoms. The Labute approximate surface area is 167 Å². The fourth-order valence-corrected chi connectivity index (χ4v) is 3.11. The maximum absolute atomic E-state index is 12.6. The van der Waals surface area contributed by atoms with Crippen molar-refractivity contribution in [2.24, 2.45) is 5.73 Å². The van der Waals surface area contributed by atoms with Crippen LogP contribution >= 0.6 is 0 Å². The van der Waals surface area contributed by atoms with Crippen LogP contribution in [0.15, 0.2) is 53.6 Å². The smallest absolute Gasteiger partial charge is 0.316 e. The van der Waals surface area contributed by atoms with Crippen LogP contribution in [0.3, 0.4) is 0 Å². The Hall–Kier alpha value is -3.68. The number of nitrogens with two attached hydrogens (primary N) is 1. The number of aryl methyl sites for hydroxylation is 2. The minimum atomic E-state index is -0.632. The summed E-state index contributed by atoms with van der Waals surface area (Å²) in [7, 11) is 0. The number of hydrogen-bond acceptors (Lipinski definition) is 4. The SMILES string of the molecule is Cc1cccc2c(=O)n(CCC(=O)NC(C)c3ccc(NC(N)=O)cc3)cnc12. The topological polar surface area (TPSA) is 119 Å². The zero-order chi connectivity index (χ0) is 21.0. The molecule has 3 amide bonds. The normalized spacial score (nSPS) is 11.8. The molecule has 0 saturated carbocycles. The third kappa shape index (κ3) is 4.78. The lowest BCUT2D eigenvalue weighted by molar-refractivity contribution is -0.121. The van der Waals surface area contributed by atoms with Crippen LogP contribution in [0.1, 0.15) is 30.5 Å². The second-order valence-corrected chi connectivity index (χ2v) is 6.86. The van der Waals surface area contributed by atoms with E-state index in [4.69, 9.17) is 5.73 Å². The Morgan fingerprint density at radius 1 is 1.17 bits per heavy atom. The first-order chi connectivity index (χ1) is 13.8. The van der Waals surface area contributed by atoms with E-state index in [1.165, 1.54) is 10.9 Å². The first-order valence-corrected chi connectivity index (χ1v) is 9.25. The van der Waals surface area contributed by atoms with E-state index >= 15 is 0 Å². The van der Waals surface area contributed by atoms with Crippen molar-refractivity contribution >= 4 is 28.5 Å². The lowest BCUT2D eigenvalue weighted by Gasteiger charge is -2.15. The second kappa shape index (κ2) is 8.55. The van der Waals surface area contributed by atoms with Crippen molar-refractivity contribution < 1.29 is 9.59 Å². The van der Waals surface area contributed by atoms with Crippen LogP contribution in [-0.2, 0) is 11.3 Å². The van der Waals surface area contributed by atoms with Crippen molar-refractivity contribution in [3.63, 3.8) is 0 Å². The summed E-state index contributed by atoms with van der Waals surface area (Å²) in [6, 6.07) is 11.6. The molecule has 1 unspecified atom stereocenters. The second-order valence-electron chi connectivity index (χ2n) is 6.86. The number of aromatic nitrogens is 2. The highest BCUT2D eigenvalue weighted by Gasteiger charge is 2.11. The van der Waals surface area contributed by atoms with Crippen molar-refractivity contribution in [3.05, 3.63) is 70.3 Å². The van der Waals surface area contributed by atoms with Crippen LogP contribution < -0.4 is 21.9 Å². The fourth-order valence-electron chi connectivity index (χ4n) is 3.11. The largest absolute Gasteiger partial charge is 0.351 e. The highest BCUT2D eigenvalue weighted by atomic mass is 16.2. The van der Waals surface area contributed by atoms with E-state index in [9.17, 15) is 14.4 Å². The summed E-state index contributed by atoms with van der Waals surface area (Å²) >= 11 is 0. The van der Waals surface area contributed by atoms with E-state index in [1.54, 1.807) is 30.3 Å². The molecule has 4 N–H and O–H groups in total. The summed E-state index contributed by atoms with van der Waals surface area (Å²) in [5, 5.41) is 5.94. The third-order valence-electron chi connectivity index (χ3n) is 4.69. The number of nitrogens with zero attached hydrogens (tertiary/aromatic N) is 2. The highest BCUT2D eigenvalue weighted by molar-refractivity contribution is 5.87. The number of fused-ring (bicyclic) bond motifs is 1. The lowest BCUT2D eigenvalue weighted by Crippen LogP contribution is -2.29. The zero-order valence-electron chi connectivity index (χ0n) is 16.3. The standard InChI is InChI=1S/C21H23N5O3/c1-13-4-3-5-17-19(13)23-12-26(20(17)28)11-10-18(27)24-14(2)15-6-8-16(9-7-15)25-21(22)29/h3-9,12,14H,10-11H2,1-2H3,(H,24,27)(H3,22,25,29). The van der Waals surface area contributed by atoms with Gasteiger partial charge in [-0.2, -0.15) is 0 Å². The van der Waals surface area contributed by atoms with E-state index in [0.29, 0.717) is 16.6 Å². The zero-order valence-corrected chi connectivity index (χ0v) is 16.3. The molecule has 3 rings (SSSR count). The number of nitrogens with one attached hydrogen (secondary N) is 2.